The van der Waals surface area contributed by atoms with Crippen LogP contribution in [0.15, 0.2) is 0 Å². The molecule has 3 saturated heterocycles. The second kappa shape index (κ2) is 12.0. The molecule has 1 aromatic heterocycles. The Morgan fingerprint density at radius 1 is 0.622 bits per heavy atom. The number of aromatic nitrogens is 3. The molecule has 0 unspecified atom stereocenters. The quantitative estimate of drug-likeness (QED) is 0.360. The van der Waals surface area contributed by atoms with E-state index in [2.05, 4.69) is 98.6 Å². The molecule has 0 radical (unpaired) electrons. The first-order chi connectivity index (χ1) is 20.4. The Balaban J connectivity index is 1.82. The SMILES string of the molecule is CC1(C)CC(Nc2nc(NCCO)nc(N(C3CC(C)(C)N([OH2+])C(C)(C)C3)C3CC(C)(C)N([OH2+])C(C)(C)C3)n2)CC(C)(C)N1[OH2+]. The van der Waals surface area contributed by atoms with Crippen molar-refractivity contribution >= 4 is 17.8 Å². The average Bonchev–Trinajstić information content (AvgIpc) is 2.87. The topological polar surface area (TPSA) is 165 Å². The zero-order valence-corrected chi connectivity index (χ0v) is 30.0. The molecule has 3 fully saturated rings. The first-order valence-electron chi connectivity index (χ1n) is 16.6. The summed E-state index contributed by atoms with van der Waals surface area (Å²) in [6.45, 7) is 25.8. The summed E-state index contributed by atoms with van der Waals surface area (Å²) in [4.78, 5) is 17.3. The van der Waals surface area contributed by atoms with Gasteiger partial charge >= 0.3 is 0 Å². The van der Waals surface area contributed by atoms with Crippen LogP contribution in [0.5, 0.6) is 0 Å². The number of hydrogen-bond donors (Lipinski definition) is 3. The van der Waals surface area contributed by atoms with E-state index in [1.165, 1.54) is 0 Å². The van der Waals surface area contributed by atoms with Gasteiger partial charge in [0.1, 0.15) is 0 Å². The fraction of sp³-hybridized carbons (Fsp3) is 0.906. The zero-order chi connectivity index (χ0) is 34.0. The lowest BCUT2D eigenvalue weighted by Crippen LogP contribution is -2.67. The molecule has 0 aromatic carbocycles. The van der Waals surface area contributed by atoms with E-state index in [0.29, 0.717) is 24.4 Å². The van der Waals surface area contributed by atoms with E-state index in [1.807, 2.05) is 0 Å². The molecule has 1 aromatic rings. The molecule has 4 heterocycles. The van der Waals surface area contributed by atoms with Crippen LogP contribution in [0.2, 0.25) is 0 Å². The lowest BCUT2D eigenvalue weighted by Gasteiger charge is -2.55. The molecule has 0 amide bonds. The van der Waals surface area contributed by atoms with Crippen LogP contribution < -0.4 is 15.5 Å². The standard InChI is InChI=1S/C32H61N9O4/c1-27(2)15-21(16-28(3,4)39(27)43)34-25-35-24(33-13-14-42)36-26(37-25)38(22-17-29(5,6)40(44)30(7,8)18-22)23-19-31(9,10)41(45)32(11,12)20-23/h21-23,42-45H,13-20H2,1-12H3,(H2,33,34,35,36,37)/p+3. The van der Waals surface area contributed by atoms with E-state index in [4.69, 9.17) is 30.6 Å². The summed E-state index contributed by atoms with van der Waals surface area (Å²) in [7, 11) is 0. The highest BCUT2D eigenvalue weighted by Crippen LogP contribution is 2.45. The normalized spacial score (nSPS) is 27.3. The van der Waals surface area contributed by atoms with Crippen LogP contribution in [-0.4, -0.2) is 115 Å². The Bertz CT molecular complexity index is 1110. The second-order valence-electron chi connectivity index (χ2n) is 17.6. The summed E-state index contributed by atoms with van der Waals surface area (Å²) in [5, 5.41) is 48.3. The molecular formula is C32H64N9O4+3. The number of hydroxylamine groups is 6. The molecule has 0 atom stereocenters. The van der Waals surface area contributed by atoms with Gasteiger partial charge in [-0.05, 0) is 122 Å². The van der Waals surface area contributed by atoms with Gasteiger partial charge in [0, 0.05) is 24.7 Å². The highest BCUT2D eigenvalue weighted by molar-refractivity contribution is 5.47. The summed E-state index contributed by atoms with van der Waals surface area (Å²) in [5.74, 6) is 1.47. The van der Waals surface area contributed by atoms with Crippen molar-refractivity contribution < 1.29 is 20.7 Å². The minimum atomic E-state index is -0.376. The number of aliphatic hydroxyl groups is 1. The number of rotatable bonds is 8. The fourth-order valence-electron chi connectivity index (χ4n) is 8.83. The van der Waals surface area contributed by atoms with Gasteiger partial charge in [-0.25, -0.2) is 0 Å². The smallest absolute Gasteiger partial charge is 0.232 e. The number of nitrogens with one attached hydrogen (secondary N) is 2. The van der Waals surface area contributed by atoms with Gasteiger partial charge in [-0.2, -0.15) is 15.0 Å². The van der Waals surface area contributed by atoms with Crippen LogP contribution in [0.3, 0.4) is 0 Å². The van der Waals surface area contributed by atoms with Crippen molar-refractivity contribution in [3.8, 4) is 0 Å². The lowest BCUT2D eigenvalue weighted by atomic mass is 9.75. The number of anilines is 3. The van der Waals surface area contributed by atoms with Gasteiger partial charge in [0.25, 0.3) is 0 Å². The van der Waals surface area contributed by atoms with E-state index < -0.39 is 0 Å². The second-order valence-corrected chi connectivity index (χ2v) is 17.6. The van der Waals surface area contributed by atoms with E-state index >= 15 is 0 Å². The molecule has 13 nitrogen and oxygen atoms in total. The molecule has 0 saturated carbocycles. The Hall–Kier alpha value is -1.87. The van der Waals surface area contributed by atoms with Gasteiger partial charge in [0.2, 0.25) is 17.8 Å². The summed E-state index contributed by atoms with van der Waals surface area (Å²) < 4.78 is 0. The Morgan fingerprint density at radius 2 is 0.978 bits per heavy atom. The van der Waals surface area contributed by atoms with Gasteiger partial charge in [-0.15, -0.1) is 0 Å². The van der Waals surface area contributed by atoms with Crippen molar-refractivity contribution in [2.75, 3.05) is 28.7 Å². The molecule has 0 spiro atoms. The molecule has 0 bridgehead atoms. The van der Waals surface area contributed by atoms with Gasteiger partial charge in [0.15, 0.2) is 0 Å². The maximum atomic E-state index is 9.64. The zero-order valence-electron chi connectivity index (χ0n) is 30.0. The Morgan fingerprint density at radius 3 is 1.36 bits per heavy atom. The largest absolute Gasteiger partial charge is 0.395 e. The molecule has 45 heavy (non-hydrogen) atoms. The third kappa shape index (κ3) is 7.34. The minimum Gasteiger partial charge on any atom is -0.395 e. The van der Waals surface area contributed by atoms with Gasteiger partial charge in [-0.3, -0.25) is 0 Å². The molecule has 13 heteroatoms. The molecule has 258 valence electrons. The number of piperidine rings is 3. The highest BCUT2D eigenvalue weighted by atomic mass is 16.5. The maximum absolute atomic E-state index is 9.64. The summed E-state index contributed by atoms with van der Waals surface area (Å²) in [6, 6.07) is 0.159. The summed E-state index contributed by atoms with van der Waals surface area (Å²) in [6.07, 6.45) is 4.58. The van der Waals surface area contributed by atoms with Crippen LogP contribution in [0.1, 0.15) is 122 Å². The third-order valence-electron chi connectivity index (χ3n) is 10.4. The third-order valence-corrected chi connectivity index (χ3v) is 10.4. The number of aliphatic hydroxyl groups excluding tert-OH is 1. The molecule has 9 N–H and O–H groups in total. The van der Waals surface area contributed by atoms with Crippen molar-refractivity contribution in [1.82, 2.24) is 30.1 Å². The average molecular weight is 639 g/mol. The first kappa shape index (κ1) is 36.0. The van der Waals surface area contributed by atoms with E-state index in [1.54, 1.807) is 15.2 Å². The highest BCUT2D eigenvalue weighted by Gasteiger charge is 2.55. The molecule has 4 rings (SSSR count). The molecule has 0 aliphatic carbocycles. The maximum Gasteiger partial charge on any atom is 0.232 e. The Labute approximate surface area is 270 Å². The van der Waals surface area contributed by atoms with Gasteiger partial charge < -0.3 is 36.3 Å². The van der Waals surface area contributed by atoms with Crippen molar-refractivity contribution in [3.63, 3.8) is 0 Å². The van der Waals surface area contributed by atoms with Crippen LogP contribution in [-0.2, 0) is 0 Å². The van der Waals surface area contributed by atoms with Crippen LogP contribution >= 0.6 is 0 Å². The Kier molecular flexibility index (Phi) is 9.58. The lowest BCUT2D eigenvalue weighted by molar-refractivity contribution is -0.251. The number of nitrogens with zero attached hydrogens (tertiary/aromatic N) is 7. The van der Waals surface area contributed by atoms with Crippen LogP contribution in [0.25, 0.3) is 0 Å². The first-order valence-corrected chi connectivity index (χ1v) is 16.6. The van der Waals surface area contributed by atoms with Crippen LogP contribution in [0.4, 0.5) is 17.8 Å². The molecule has 3 aliphatic heterocycles. The van der Waals surface area contributed by atoms with Crippen molar-refractivity contribution in [3.05, 3.63) is 0 Å². The predicted octanol–water partition coefficient (Wildman–Crippen LogP) is 2.48. The predicted molar refractivity (Wildman–Crippen MR) is 181 cm³/mol. The minimum absolute atomic E-state index is 0.0491. The van der Waals surface area contributed by atoms with Gasteiger partial charge in [-0.1, -0.05) is 15.2 Å². The summed E-state index contributed by atoms with van der Waals surface area (Å²) in [5.41, 5.74) is -2.17. The molecular weight excluding hydrogens is 574 g/mol. The summed E-state index contributed by atoms with van der Waals surface area (Å²) >= 11 is 0. The van der Waals surface area contributed by atoms with Crippen LogP contribution in [0, 0.1) is 0 Å². The van der Waals surface area contributed by atoms with Crippen molar-refractivity contribution in [2.45, 2.75) is 173 Å². The number of hydrogen-bond acceptors (Lipinski definition) is 10. The van der Waals surface area contributed by atoms with E-state index in [-0.39, 0.29) is 58.0 Å². The van der Waals surface area contributed by atoms with Crippen molar-refractivity contribution in [2.24, 2.45) is 0 Å². The van der Waals surface area contributed by atoms with E-state index in [9.17, 15) is 5.11 Å². The monoisotopic (exact) mass is 639 g/mol. The van der Waals surface area contributed by atoms with Crippen molar-refractivity contribution in [1.29, 1.82) is 0 Å². The van der Waals surface area contributed by atoms with E-state index in [0.717, 1.165) is 38.5 Å². The molecule has 3 aliphatic rings. The fourth-order valence-corrected chi connectivity index (χ4v) is 8.83. The van der Waals surface area contributed by atoms with Gasteiger partial charge in [0.05, 0.1) is 39.8 Å².